The smallest absolute Gasteiger partial charge is 0.141 e. The van der Waals surface area contributed by atoms with Gasteiger partial charge in [0.2, 0.25) is 0 Å². The van der Waals surface area contributed by atoms with E-state index in [0.717, 1.165) is 72.0 Å². The van der Waals surface area contributed by atoms with E-state index in [-0.39, 0.29) is 0 Å². The van der Waals surface area contributed by atoms with Crippen LogP contribution in [0.25, 0.3) is 10.2 Å². The van der Waals surface area contributed by atoms with Crippen LogP contribution in [0, 0.1) is 6.92 Å². The number of fused-ring (bicyclic) bond motifs is 1. The molecule has 0 spiro atoms. The maximum atomic E-state index is 6.18. The van der Waals surface area contributed by atoms with Crippen molar-refractivity contribution >= 4 is 39.0 Å². The molecule has 0 unspecified atom stereocenters. The lowest BCUT2D eigenvalue weighted by atomic mass is 10.1. The summed E-state index contributed by atoms with van der Waals surface area (Å²) in [4.78, 5) is 16.7. The monoisotopic (exact) mass is 416 g/mol. The lowest BCUT2D eigenvalue weighted by molar-refractivity contribution is 0.245. The first-order chi connectivity index (χ1) is 13.6. The fraction of sp³-hybridized carbons (Fsp3) is 0.429. The van der Waals surface area contributed by atoms with Crippen molar-refractivity contribution in [2.45, 2.75) is 26.8 Å². The number of benzene rings is 1. The largest absolute Gasteiger partial charge is 0.496 e. The first kappa shape index (κ1) is 19.4. The fourth-order valence-corrected chi connectivity index (χ4v) is 4.91. The molecule has 0 N–H and O–H groups in total. The van der Waals surface area contributed by atoms with E-state index in [1.165, 1.54) is 10.3 Å². The van der Waals surface area contributed by atoms with Crippen LogP contribution in [0.15, 0.2) is 24.3 Å². The van der Waals surface area contributed by atoms with Gasteiger partial charge in [-0.25, -0.2) is 9.97 Å². The van der Waals surface area contributed by atoms with Crippen molar-refractivity contribution in [2.75, 3.05) is 38.2 Å². The zero-order valence-corrected chi connectivity index (χ0v) is 18.1. The van der Waals surface area contributed by atoms with Gasteiger partial charge in [0.25, 0.3) is 0 Å². The summed E-state index contributed by atoms with van der Waals surface area (Å²) >= 11 is 7.97. The highest BCUT2D eigenvalue weighted by Crippen LogP contribution is 2.32. The van der Waals surface area contributed by atoms with E-state index in [1.807, 2.05) is 25.1 Å². The van der Waals surface area contributed by atoms with Crippen LogP contribution in [-0.2, 0) is 13.0 Å². The normalized spacial score (nSPS) is 15.4. The Kier molecular flexibility index (Phi) is 5.71. The highest BCUT2D eigenvalue weighted by atomic mass is 35.5. The lowest BCUT2D eigenvalue weighted by Crippen LogP contribution is -2.46. The summed E-state index contributed by atoms with van der Waals surface area (Å²) in [7, 11) is 1.71. The molecule has 0 radical (unpaired) electrons. The number of hydrogen-bond acceptors (Lipinski definition) is 6. The number of methoxy groups -OCH3 is 1. The molecule has 5 nitrogen and oxygen atoms in total. The van der Waals surface area contributed by atoms with Gasteiger partial charge < -0.3 is 9.64 Å². The average Bonchev–Trinajstić information content (AvgIpc) is 3.11. The van der Waals surface area contributed by atoms with Crippen LogP contribution >= 0.6 is 22.9 Å². The number of thiophene rings is 1. The summed E-state index contributed by atoms with van der Waals surface area (Å²) in [6.07, 6.45) is 1.04. The molecule has 1 aliphatic rings. The summed E-state index contributed by atoms with van der Waals surface area (Å²) in [5.41, 5.74) is 1.13. The van der Waals surface area contributed by atoms with Gasteiger partial charge in [0.1, 0.15) is 22.2 Å². The van der Waals surface area contributed by atoms with Gasteiger partial charge in [0.05, 0.1) is 12.5 Å². The average molecular weight is 417 g/mol. The Morgan fingerprint density at radius 2 is 1.93 bits per heavy atom. The minimum Gasteiger partial charge on any atom is -0.496 e. The van der Waals surface area contributed by atoms with Crippen LogP contribution in [0.2, 0.25) is 5.02 Å². The molecule has 4 rings (SSSR count). The molecule has 28 heavy (non-hydrogen) atoms. The highest BCUT2D eigenvalue weighted by molar-refractivity contribution is 7.18. The molecule has 1 aliphatic heterocycles. The lowest BCUT2D eigenvalue weighted by Gasteiger charge is -2.36. The van der Waals surface area contributed by atoms with Crippen molar-refractivity contribution in [3.63, 3.8) is 0 Å². The number of ether oxygens (including phenoxy) is 1. The van der Waals surface area contributed by atoms with E-state index in [9.17, 15) is 0 Å². The molecule has 0 saturated carbocycles. The molecule has 0 bridgehead atoms. The number of nitrogens with zero attached hydrogens (tertiary/aromatic N) is 4. The van der Waals surface area contributed by atoms with Crippen molar-refractivity contribution in [2.24, 2.45) is 0 Å². The van der Waals surface area contributed by atoms with Crippen LogP contribution in [0.4, 0.5) is 5.82 Å². The van der Waals surface area contributed by atoms with E-state index < -0.39 is 0 Å². The summed E-state index contributed by atoms with van der Waals surface area (Å²) in [5.74, 6) is 2.82. The van der Waals surface area contributed by atoms with Crippen LogP contribution in [0.5, 0.6) is 5.75 Å². The van der Waals surface area contributed by atoms with Crippen molar-refractivity contribution < 1.29 is 4.74 Å². The van der Waals surface area contributed by atoms with Crippen molar-refractivity contribution in [1.82, 2.24) is 14.9 Å². The van der Waals surface area contributed by atoms with Crippen LogP contribution < -0.4 is 9.64 Å². The Morgan fingerprint density at radius 3 is 2.64 bits per heavy atom. The number of rotatable bonds is 5. The molecule has 0 aliphatic carbocycles. The molecule has 148 valence electrons. The van der Waals surface area contributed by atoms with Gasteiger partial charge >= 0.3 is 0 Å². The summed E-state index contributed by atoms with van der Waals surface area (Å²) in [6.45, 7) is 8.87. The minimum absolute atomic E-state index is 0.748. The molecule has 1 fully saturated rings. The van der Waals surface area contributed by atoms with E-state index in [2.05, 4.69) is 27.8 Å². The molecule has 3 heterocycles. The fourth-order valence-electron chi connectivity index (χ4n) is 3.70. The Bertz CT molecular complexity index is 982. The number of aryl methyl sites for hydroxylation is 2. The molecule has 7 heteroatoms. The van der Waals surface area contributed by atoms with Crippen LogP contribution in [0.1, 0.15) is 23.2 Å². The molecule has 1 aromatic carbocycles. The zero-order valence-electron chi connectivity index (χ0n) is 16.5. The molecule has 0 amide bonds. The second-order valence-corrected chi connectivity index (χ2v) is 8.65. The molecular weight excluding hydrogens is 392 g/mol. The quantitative estimate of drug-likeness (QED) is 0.610. The summed E-state index contributed by atoms with van der Waals surface area (Å²) in [5, 5.41) is 1.94. The third kappa shape index (κ3) is 3.95. The molecule has 3 aromatic rings. The van der Waals surface area contributed by atoms with Gasteiger partial charge in [-0.1, -0.05) is 18.5 Å². The van der Waals surface area contributed by atoms with Crippen molar-refractivity contribution in [3.8, 4) is 5.75 Å². The van der Waals surface area contributed by atoms with Gasteiger partial charge in [-0.2, -0.15) is 0 Å². The number of aromatic nitrogens is 2. The number of hydrogen-bond donors (Lipinski definition) is 0. The molecular formula is C21H25ClN4OS. The maximum absolute atomic E-state index is 6.18. The Labute approximate surface area is 174 Å². The van der Waals surface area contributed by atoms with Gasteiger partial charge in [0, 0.05) is 48.2 Å². The predicted octanol–water partition coefficient (Wildman–Crippen LogP) is 4.55. The summed E-state index contributed by atoms with van der Waals surface area (Å²) in [6, 6.07) is 8.08. The van der Waals surface area contributed by atoms with Crippen LogP contribution in [-0.4, -0.2) is 48.2 Å². The Morgan fingerprint density at radius 1 is 1.14 bits per heavy atom. The Hall–Kier alpha value is -1.89. The van der Waals surface area contributed by atoms with E-state index in [1.54, 1.807) is 18.4 Å². The predicted molar refractivity (Wildman–Crippen MR) is 117 cm³/mol. The van der Waals surface area contributed by atoms with Gasteiger partial charge in [-0.05, 0) is 37.6 Å². The molecule has 2 aromatic heterocycles. The third-order valence-electron chi connectivity index (χ3n) is 5.19. The highest BCUT2D eigenvalue weighted by Gasteiger charge is 2.22. The van der Waals surface area contributed by atoms with E-state index >= 15 is 0 Å². The minimum atomic E-state index is 0.748. The molecule has 1 saturated heterocycles. The van der Waals surface area contributed by atoms with E-state index in [0.29, 0.717) is 0 Å². The van der Waals surface area contributed by atoms with Gasteiger partial charge in [0.15, 0.2) is 0 Å². The zero-order chi connectivity index (χ0) is 19.7. The summed E-state index contributed by atoms with van der Waals surface area (Å²) < 4.78 is 5.50. The first-order valence-corrected chi connectivity index (χ1v) is 10.8. The standard InChI is InChI=1S/C21H25ClN4OS/c1-4-17-12-18-20(23-14(2)24-21(18)28-17)26-9-7-25(8-10-26)13-15-11-16(22)5-6-19(15)27-3/h5-6,11-12H,4,7-10,13H2,1-3H3. The number of anilines is 1. The topological polar surface area (TPSA) is 41.5 Å². The van der Waals surface area contributed by atoms with Crippen molar-refractivity contribution in [3.05, 3.63) is 45.6 Å². The van der Waals surface area contributed by atoms with E-state index in [4.69, 9.17) is 21.3 Å². The van der Waals surface area contributed by atoms with Gasteiger partial charge in [-0.3, -0.25) is 4.90 Å². The number of halogens is 1. The van der Waals surface area contributed by atoms with Gasteiger partial charge in [-0.15, -0.1) is 11.3 Å². The second-order valence-electron chi connectivity index (χ2n) is 7.10. The van der Waals surface area contributed by atoms with Crippen molar-refractivity contribution in [1.29, 1.82) is 0 Å². The Balaban J connectivity index is 1.50. The third-order valence-corrected chi connectivity index (χ3v) is 6.60. The maximum Gasteiger partial charge on any atom is 0.141 e. The van der Waals surface area contributed by atoms with Crippen LogP contribution in [0.3, 0.4) is 0 Å². The number of piperazine rings is 1. The molecule has 0 atom stereocenters. The first-order valence-electron chi connectivity index (χ1n) is 9.64. The SMILES string of the molecule is CCc1cc2c(N3CCN(Cc4cc(Cl)ccc4OC)CC3)nc(C)nc2s1. The second kappa shape index (κ2) is 8.23.